The average molecular weight is 556 g/mol. The van der Waals surface area contributed by atoms with Gasteiger partial charge in [0.15, 0.2) is 0 Å². The summed E-state index contributed by atoms with van der Waals surface area (Å²) in [7, 11) is 1.71. The van der Waals surface area contributed by atoms with Gasteiger partial charge in [-0.3, -0.25) is 9.59 Å². The molecule has 0 saturated heterocycles. The first-order valence-electron chi connectivity index (χ1n) is 13.6. The molecule has 9 heteroatoms. The number of benzene rings is 2. The number of aldehydes is 1. The van der Waals surface area contributed by atoms with E-state index in [1.807, 2.05) is 30.3 Å². The third-order valence-corrected chi connectivity index (χ3v) is 7.25. The Morgan fingerprint density at radius 2 is 1.74 bits per heavy atom. The maximum absolute atomic E-state index is 13.2. The van der Waals surface area contributed by atoms with Crippen LogP contribution in [0.3, 0.4) is 0 Å². The molecule has 3 amide bonds. The summed E-state index contributed by atoms with van der Waals surface area (Å²) in [4.78, 5) is 51.8. The van der Waals surface area contributed by atoms with Crippen LogP contribution in [0.1, 0.15) is 62.5 Å². The monoisotopic (exact) mass is 555 g/mol. The molecule has 8 nitrogen and oxygen atoms in total. The minimum absolute atomic E-state index is 0.0136. The van der Waals surface area contributed by atoms with Crippen molar-refractivity contribution in [3.8, 4) is 0 Å². The van der Waals surface area contributed by atoms with Crippen LogP contribution in [0.25, 0.3) is 0 Å². The van der Waals surface area contributed by atoms with E-state index >= 15 is 0 Å². The van der Waals surface area contributed by atoms with Crippen molar-refractivity contribution in [1.82, 2.24) is 15.5 Å². The first-order chi connectivity index (χ1) is 18.8. The highest BCUT2D eigenvalue weighted by Gasteiger charge is 2.28. The second-order valence-corrected chi connectivity index (χ2v) is 10.6. The summed E-state index contributed by atoms with van der Waals surface area (Å²) >= 11 is 5.99. The third kappa shape index (κ3) is 10.7. The fraction of sp³-hybridized carbons (Fsp3) is 0.467. The Hall–Kier alpha value is -3.39. The molecule has 2 atom stereocenters. The van der Waals surface area contributed by atoms with E-state index in [4.69, 9.17) is 16.3 Å². The van der Waals surface area contributed by atoms with Gasteiger partial charge in [0.25, 0.3) is 0 Å². The average Bonchev–Trinajstić information content (AvgIpc) is 2.94. The Bertz CT molecular complexity index is 1090. The molecule has 0 aromatic heterocycles. The smallest absolute Gasteiger partial charge is 0.408 e. The number of hydrogen-bond donors (Lipinski definition) is 2. The van der Waals surface area contributed by atoms with Crippen molar-refractivity contribution < 1.29 is 23.9 Å². The molecule has 39 heavy (non-hydrogen) atoms. The van der Waals surface area contributed by atoms with Gasteiger partial charge in [-0.2, -0.15) is 0 Å². The number of nitrogens with zero attached hydrogens (tertiary/aromatic N) is 1. The van der Waals surface area contributed by atoms with E-state index in [1.165, 1.54) is 6.42 Å². The lowest BCUT2D eigenvalue weighted by Gasteiger charge is -2.27. The highest BCUT2D eigenvalue weighted by molar-refractivity contribution is 6.30. The highest BCUT2D eigenvalue weighted by Crippen LogP contribution is 2.27. The van der Waals surface area contributed by atoms with E-state index in [-0.39, 0.29) is 25.4 Å². The Balaban J connectivity index is 1.54. The van der Waals surface area contributed by atoms with Crippen LogP contribution in [-0.2, 0) is 32.3 Å². The molecule has 1 aliphatic carbocycles. The number of carbonyl (C=O) groups excluding carboxylic acids is 4. The van der Waals surface area contributed by atoms with Crippen molar-refractivity contribution in [2.75, 3.05) is 7.05 Å². The van der Waals surface area contributed by atoms with Crippen LogP contribution >= 0.6 is 11.6 Å². The number of nitrogens with one attached hydrogen (secondary N) is 2. The summed E-state index contributed by atoms with van der Waals surface area (Å²) in [5, 5.41) is 5.95. The van der Waals surface area contributed by atoms with Crippen molar-refractivity contribution in [2.45, 2.75) is 76.6 Å². The van der Waals surface area contributed by atoms with Gasteiger partial charge >= 0.3 is 6.09 Å². The van der Waals surface area contributed by atoms with Gasteiger partial charge < -0.3 is 25.1 Å². The number of hydrogen-bond acceptors (Lipinski definition) is 5. The van der Waals surface area contributed by atoms with Crippen LogP contribution in [0.15, 0.2) is 54.6 Å². The molecule has 2 N–H and O–H groups in total. The summed E-state index contributed by atoms with van der Waals surface area (Å²) in [6.45, 7) is 0.474. The fourth-order valence-electron chi connectivity index (χ4n) is 4.82. The Kier molecular flexibility index (Phi) is 12.3. The molecule has 0 bridgehead atoms. The van der Waals surface area contributed by atoms with Gasteiger partial charge in [-0.1, -0.05) is 86.2 Å². The maximum atomic E-state index is 13.2. The lowest BCUT2D eigenvalue weighted by Crippen LogP contribution is -2.51. The molecule has 2 unspecified atom stereocenters. The number of ether oxygens (including phenoxy) is 1. The number of alkyl carbamates (subject to hydrolysis) is 1. The molecule has 2 aromatic rings. The number of carbonyl (C=O) groups is 4. The van der Waals surface area contributed by atoms with Crippen LogP contribution < -0.4 is 10.6 Å². The largest absolute Gasteiger partial charge is 0.445 e. The van der Waals surface area contributed by atoms with Gasteiger partial charge in [0.2, 0.25) is 11.8 Å². The van der Waals surface area contributed by atoms with E-state index in [0.29, 0.717) is 30.2 Å². The van der Waals surface area contributed by atoms with Gasteiger partial charge in [0.05, 0.1) is 6.04 Å². The second-order valence-electron chi connectivity index (χ2n) is 10.2. The van der Waals surface area contributed by atoms with Gasteiger partial charge in [-0.15, -0.1) is 0 Å². The first-order valence-corrected chi connectivity index (χ1v) is 13.9. The molecule has 0 aliphatic heterocycles. The van der Waals surface area contributed by atoms with Gasteiger partial charge in [-0.25, -0.2) is 4.79 Å². The lowest BCUT2D eigenvalue weighted by atomic mass is 9.84. The molecule has 1 saturated carbocycles. The van der Waals surface area contributed by atoms with E-state index < -0.39 is 24.1 Å². The number of rotatable bonds is 13. The van der Waals surface area contributed by atoms with Crippen LogP contribution in [0.2, 0.25) is 5.02 Å². The van der Waals surface area contributed by atoms with E-state index in [9.17, 15) is 19.2 Å². The van der Waals surface area contributed by atoms with Crippen molar-refractivity contribution in [1.29, 1.82) is 0 Å². The second kappa shape index (κ2) is 15.9. The summed E-state index contributed by atoms with van der Waals surface area (Å²) in [5.41, 5.74) is 1.74. The molecule has 0 radical (unpaired) electrons. The zero-order valence-electron chi connectivity index (χ0n) is 22.4. The molecule has 210 valence electrons. The maximum Gasteiger partial charge on any atom is 0.408 e. The van der Waals surface area contributed by atoms with E-state index in [0.717, 1.165) is 36.8 Å². The first kappa shape index (κ1) is 30.2. The van der Waals surface area contributed by atoms with E-state index in [1.54, 1.807) is 36.2 Å². The summed E-state index contributed by atoms with van der Waals surface area (Å²) in [6.07, 6.45) is 5.98. The highest BCUT2D eigenvalue weighted by atomic mass is 35.5. The predicted molar refractivity (Wildman–Crippen MR) is 150 cm³/mol. The van der Waals surface area contributed by atoms with Gasteiger partial charge in [-0.05, 0) is 42.0 Å². The van der Waals surface area contributed by atoms with Crippen molar-refractivity contribution >= 4 is 35.8 Å². The third-order valence-electron chi connectivity index (χ3n) is 7.01. The van der Waals surface area contributed by atoms with Crippen LogP contribution in [0, 0.1) is 5.92 Å². The standard InChI is InChI=1S/C30H38ClN3O5/c1-34(19-23-11-6-3-7-12-23)28(36)16-15-26(20-35)32-29(37)27(18-22-9-4-2-5-10-22)33-30(38)39-21-24-13-8-14-25(31)17-24/h3,6-8,11-14,17,20,22,26-27H,2,4-5,9-10,15-16,18-19,21H2,1H3,(H,32,37)(H,33,38). The van der Waals surface area contributed by atoms with Crippen LogP contribution in [-0.4, -0.2) is 48.2 Å². The Labute approximate surface area is 235 Å². The number of amides is 3. The fourth-order valence-corrected chi connectivity index (χ4v) is 5.03. The van der Waals surface area contributed by atoms with Crippen molar-refractivity contribution in [3.05, 3.63) is 70.7 Å². The molecular formula is C30H38ClN3O5. The molecule has 2 aromatic carbocycles. The molecule has 0 spiro atoms. The summed E-state index contributed by atoms with van der Waals surface area (Å²) < 4.78 is 5.33. The zero-order chi connectivity index (χ0) is 28.0. The molecule has 0 heterocycles. The van der Waals surface area contributed by atoms with Gasteiger partial charge in [0, 0.05) is 25.0 Å². The molecule has 3 rings (SSSR count). The summed E-state index contributed by atoms with van der Waals surface area (Å²) in [5.74, 6) is -0.283. The minimum atomic E-state index is -0.848. The zero-order valence-corrected chi connectivity index (χ0v) is 23.2. The quantitative estimate of drug-likeness (QED) is 0.337. The SMILES string of the molecule is CN(Cc1ccccc1)C(=O)CCC(C=O)NC(=O)C(CC1CCCCC1)NC(=O)OCc1cccc(Cl)c1. The van der Waals surface area contributed by atoms with Crippen LogP contribution in [0.5, 0.6) is 0 Å². The lowest BCUT2D eigenvalue weighted by molar-refractivity contribution is -0.131. The van der Waals surface area contributed by atoms with E-state index in [2.05, 4.69) is 10.6 Å². The van der Waals surface area contributed by atoms with Gasteiger partial charge in [0.1, 0.15) is 18.9 Å². The Morgan fingerprint density at radius 3 is 2.44 bits per heavy atom. The molecular weight excluding hydrogens is 518 g/mol. The molecule has 1 aliphatic rings. The Morgan fingerprint density at radius 1 is 1.03 bits per heavy atom. The van der Waals surface area contributed by atoms with Crippen LogP contribution in [0.4, 0.5) is 4.79 Å². The van der Waals surface area contributed by atoms with Crippen molar-refractivity contribution in [2.24, 2.45) is 5.92 Å². The minimum Gasteiger partial charge on any atom is -0.445 e. The number of halogens is 1. The predicted octanol–water partition coefficient (Wildman–Crippen LogP) is 5.03. The molecule has 1 fully saturated rings. The normalized spacial score (nSPS) is 15.0. The topological polar surface area (TPSA) is 105 Å². The summed E-state index contributed by atoms with van der Waals surface area (Å²) in [6, 6.07) is 14.9. The van der Waals surface area contributed by atoms with Crippen molar-refractivity contribution in [3.63, 3.8) is 0 Å².